The molecular formula is C34H28BN. The highest BCUT2D eigenvalue weighted by molar-refractivity contribution is 6.98. The molecule has 1 nitrogen and oxygen atoms in total. The van der Waals surface area contributed by atoms with Crippen LogP contribution in [0, 0.1) is 20.8 Å². The molecule has 5 aromatic carbocycles. The van der Waals surface area contributed by atoms with Crippen molar-refractivity contribution in [3.05, 3.63) is 107 Å². The van der Waals surface area contributed by atoms with Gasteiger partial charge in [-0.15, -0.1) is 0 Å². The third-order valence-corrected chi connectivity index (χ3v) is 9.11. The summed E-state index contributed by atoms with van der Waals surface area (Å²) in [5.74, 6) is 0. The highest BCUT2D eigenvalue weighted by Gasteiger charge is 2.47. The van der Waals surface area contributed by atoms with Gasteiger partial charge in [0.05, 0.1) is 5.69 Å². The number of aryl methyl sites for hydroxylation is 3. The van der Waals surface area contributed by atoms with Crippen LogP contribution in [0.1, 0.15) is 41.7 Å². The molecule has 0 aromatic heterocycles. The van der Waals surface area contributed by atoms with Gasteiger partial charge in [0.15, 0.2) is 0 Å². The average Bonchev–Trinajstić information content (AvgIpc) is 2.86. The first-order chi connectivity index (χ1) is 17.4. The van der Waals surface area contributed by atoms with Crippen molar-refractivity contribution in [1.82, 2.24) is 0 Å². The van der Waals surface area contributed by atoms with Gasteiger partial charge in [0.2, 0.25) is 6.71 Å². The first-order valence-electron chi connectivity index (χ1n) is 13.1. The van der Waals surface area contributed by atoms with Crippen molar-refractivity contribution >= 4 is 50.9 Å². The Morgan fingerprint density at radius 1 is 0.639 bits per heavy atom. The summed E-state index contributed by atoms with van der Waals surface area (Å²) >= 11 is 0. The topological polar surface area (TPSA) is 3.24 Å². The van der Waals surface area contributed by atoms with E-state index in [1.54, 1.807) is 0 Å². The van der Waals surface area contributed by atoms with Gasteiger partial charge in [-0.1, -0.05) is 115 Å². The molecule has 5 aromatic rings. The lowest BCUT2D eigenvalue weighted by molar-refractivity contribution is 0.633. The Hall–Kier alpha value is -3.78. The van der Waals surface area contributed by atoms with E-state index in [0.717, 1.165) is 0 Å². The molecule has 0 bridgehead atoms. The molecule has 0 spiro atoms. The van der Waals surface area contributed by atoms with Crippen LogP contribution in [-0.2, 0) is 5.41 Å². The van der Waals surface area contributed by atoms with Crippen LogP contribution < -0.4 is 21.3 Å². The molecule has 3 aliphatic rings. The van der Waals surface area contributed by atoms with Crippen molar-refractivity contribution in [1.29, 1.82) is 0 Å². The normalized spacial score (nSPS) is 15.5. The van der Waals surface area contributed by atoms with Crippen LogP contribution in [0.25, 0.3) is 21.9 Å². The molecule has 8 rings (SSSR count). The molecule has 3 aliphatic heterocycles. The maximum absolute atomic E-state index is 2.64. The number of hydrogen-bond donors (Lipinski definition) is 0. The Morgan fingerprint density at radius 2 is 1.28 bits per heavy atom. The largest absolute Gasteiger partial charge is 0.310 e. The van der Waals surface area contributed by atoms with Crippen molar-refractivity contribution in [2.45, 2.75) is 40.0 Å². The van der Waals surface area contributed by atoms with Crippen molar-refractivity contribution < 1.29 is 0 Å². The minimum Gasteiger partial charge on any atom is -0.310 e. The van der Waals surface area contributed by atoms with Gasteiger partial charge >= 0.3 is 0 Å². The lowest BCUT2D eigenvalue weighted by Crippen LogP contribution is -2.60. The second-order valence-electron chi connectivity index (χ2n) is 11.6. The molecule has 0 atom stereocenters. The summed E-state index contributed by atoms with van der Waals surface area (Å²) in [7, 11) is 0. The zero-order chi connectivity index (χ0) is 24.5. The van der Waals surface area contributed by atoms with Crippen LogP contribution in [-0.4, -0.2) is 6.71 Å². The summed E-state index contributed by atoms with van der Waals surface area (Å²) in [6.45, 7) is 11.8. The van der Waals surface area contributed by atoms with Gasteiger partial charge in [-0.3, -0.25) is 0 Å². The molecule has 0 saturated heterocycles. The Morgan fingerprint density at radius 3 is 2.06 bits per heavy atom. The van der Waals surface area contributed by atoms with Crippen LogP contribution in [0.2, 0.25) is 0 Å². The van der Waals surface area contributed by atoms with E-state index in [1.165, 1.54) is 83.2 Å². The fourth-order valence-corrected chi connectivity index (χ4v) is 7.73. The molecule has 0 amide bonds. The lowest BCUT2D eigenvalue weighted by Gasteiger charge is -2.50. The second kappa shape index (κ2) is 6.50. The molecule has 172 valence electrons. The molecule has 0 unspecified atom stereocenters. The number of benzene rings is 5. The molecule has 3 heterocycles. The number of rotatable bonds is 1. The molecule has 0 radical (unpaired) electrons. The molecule has 0 N–H and O–H groups in total. The zero-order valence-corrected chi connectivity index (χ0v) is 21.5. The van der Waals surface area contributed by atoms with Crippen LogP contribution in [0.4, 0.5) is 17.1 Å². The Bertz CT molecular complexity index is 1790. The number of para-hydroxylation sites is 2. The predicted octanol–water partition coefficient (Wildman–Crippen LogP) is 6.68. The van der Waals surface area contributed by atoms with Gasteiger partial charge in [0.25, 0.3) is 0 Å². The monoisotopic (exact) mass is 461 g/mol. The number of hydrogen-bond acceptors (Lipinski definition) is 1. The molecular weight excluding hydrogens is 433 g/mol. The number of nitrogens with zero attached hydrogens (tertiary/aromatic N) is 1. The fourth-order valence-electron chi connectivity index (χ4n) is 7.73. The summed E-state index contributed by atoms with van der Waals surface area (Å²) in [6.07, 6.45) is 0. The highest BCUT2D eigenvalue weighted by Crippen LogP contribution is 2.59. The molecule has 36 heavy (non-hydrogen) atoms. The Kier molecular flexibility index (Phi) is 3.69. The van der Waals surface area contributed by atoms with Gasteiger partial charge in [-0.05, 0) is 53.8 Å². The lowest BCUT2D eigenvalue weighted by atomic mass is 9.33. The van der Waals surface area contributed by atoms with E-state index in [4.69, 9.17) is 0 Å². The number of anilines is 3. The average molecular weight is 461 g/mol. The number of fused-ring (bicyclic) bond motifs is 1. The van der Waals surface area contributed by atoms with Gasteiger partial charge < -0.3 is 4.90 Å². The van der Waals surface area contributed by atoms with E-state index >= 15 is 0 Å². The second-order valence-corrected chi connectivity index (χ2v) is 11.6. The Labute approximate surface area is 213 Å². The highest BCUT2D eigenvalue weighted by atomic mass is 15.2. The van der Waals surface area contributed by atoms with Crippen molar-refractivity contribution in [2.75, 3.05) is 4.90 Å². The predicted molar refractivity (Wildman–Crippen MR) is 155 cm³/mol. The molecule has 2 heteroatoms. The maximum atomic E-state index is 2.64. The fraction of sp³-hybridized carbons (Fsp3) is 0.176. The molecule has 0 saturated carbocycles. The Balaban J connectivity index is 1.62. The quantitative estimate of drug-likeness (QED) is 0.247. The third kappa shape index (κ3) is 2.25. The van der Waals surface area contributed by atoms with E-state index in [0.29, 0.717) is 0 Å². The van der Waals surface area contributed by atoms with Crippen LogP contribution in [0.3, 0.4) is 0 Å². The smallest absolute Gasteiger partial charge is 0.247 e. The van der Waals surface area contributed by atoms with Crippen molar-refractivity contribution in [3.8, 4) is 11.1 Å². The first-order valence-corrected chi connectivity index (χ1v) is 13.1. The maximum Gasteiger partial charge on any atom is 0.247 e. The summed E-state index contributed by atoms with van der Waals surface area (Å²) in [5, 5.41) is 2.72. The SMILES string of the molecule is Cc1cc(C)c(B2c3cccc4c3N3c5c(cccc5C4(C)C)-c4cccc5ccc2c3c45)c(C)c1. The first kappa shape index (κ1) is 20.4. The van der Waals surface area contributed by atoms with E-state index in [-0.39, 0.29) is 12.1 Å². The summed E-state index contributed by atoms with van der Waals surface area (Å²) in [6, 6.07) is 30.3. The van der Waals surface area contributed by atoms with Crippen LogP contribution in [0.5, 0.6) is 0 Å². The summed E-state index contributed by atoms with van der Waals surface area (Å²) in [5.41, 5.74) is 18.1. The standard InChI is InChI=1S/C34H28BN/c1-19-17-20(2)30(21(3)18-19)35-27-14-8-13-26-32(27)36-31-24(11-7-12-25(31)34(26,4)5)23-10-6-9-22-15-16-28(35)33(36)29(22)23/h6-18H,1-5H3. The minimum absolute atomic E-state index is 0.0766. The van der Waals surface area contributed by atoms with Crippen LogP contribution >= 0.6 is 0 Å². The van der Waals surface area contributed by atoms with Gasteiger partial charge in [0, 0.05) is 27.7 Å². The third-order valence-electron chi connectivity index (χ3n) is 9.11. The van der Waals surface area contributed by atoms with Gasteiger partial charge in [-0.2, -0.15) is 0 Å². The van der Waals surface area contributed by atoms with E-state index in [9.17, 15) is 0 Å². The minimum atomic E-state index is -0.0766. The van der Waals surface area contributed by atoms with E-state index < -0.39 is 0 Å². The van der Waals surface area contributed by atoms with Crippen molar-refractivity contribution in [2.24, 2.45) is 0 Å². The van der Waals surface area contributed by atoms with E-state index in [1.807, 2.05) is 0 Å². The van der Waals surface area contributed by atoms with Gasteiger partial charge in [-0.25, -0.2) is 0 Å². The summed E-state index contributed by atoms with van der Waals surface area (Å²) in [4.78, 5) is 2.64. The molecule has 0 aliphatic carbocycles. The van der Waals surface area contributed by atoms with Crippen LogP contribution in [0.15, 0.2) is 78.9 Å². The zero-order valence-electron chi connectivity index (χ0n) is 21.5. The van der Waals surface area contributed by atoms with Crippen molar-refractivity contribution in [3.63, 3.8) is 0 Å². The molecule has 0 fully saturated rings. The van der Waals surface area contributed by atoms with Gasteiger partial charge in [0.1, 0.15) is 0 Å². The summed E-state index contributed by atoms with van der Waals surface area (Å²) < 4.78 is 0. The van der Waals surface area contributed by atoms with E-state index in [2.05, 4.69) is 118 Å².